The zero-order chi connectivity index (χ0) is 51.1. The Kier molecular flexibility index (Phi) is 46.1. The second kappa shape index (κ2) is 41.1. The number of benzene rings is 1. The van der Waals surface area contributed by atoms with Gasteiger partial charge in [0.25, 0.3) is 0 Å². The molecule has 3 radical (unpaired) electrons. The van der Waals surface area contributed by atoms with Crippen molar-refractivity contribution in [2.75, 3.05) is 14.2 Å². The van der Waals surface area contributed by atoms with Crippen LogP contribution in [0.3, 0.4) is 0 Å². The van der Waals surface area contributed by atoms with Crippen LogP contribution in [0.25, 0.3) is 11.1 Å². The fourth-order valence-electron chi connectivity index (χ4n) is 5.07. The molecule has 12 nitrogen and oxygen atoms in total. The van der Waals surface area contributed by atoms with Gasteiger partial charge >= 0.3 is 47.6 Å². The summed E-state index contributed by atoms with van der Waals surface area (Å²) in [5.41, 5.74) is 2.70. The number of hydrogen-bond acceptors (Lipinski definition) is 11. The van der Waals surface area contributed by atoms with E-state index in [0.29, 0.717) is 0 Å². The number of aliphatic imine (C=N–C) groups is 1. The predicted octanol–water partition coefficient (Wildman–Crippen LogP) is 14.5. The third kappa shape index (κ3) is 32.7. The van der Waals surface area contributed by atoms with Crippen LogP contribution in [0.1, 0.15) is 72.8 Å². The number of carbonyl (C=O) groups excluding carboxylic acids is 4. The minimum absolute atomic E-state index is 0. The average molecular weight is 1340 g/mol. The average Bonchev–Trinajstić information content (AvgIpc) is 3.21. The number of nitrogens with zero attached hydrogens (tertiary/aromatic N) is 3. The van der Waals surface area contributed by atoms with Crippen LogP contribution in [-0.2, 0) is 33.5 Å². The predicted molar refractivity (Wildman–Crippen MR) is 351 cm³/mol. The number of pyridine rings is 1. The van der Waals surface area contributed by atoms with Crippen molar-refractivity contribution in [3.8, 4) is 16.9 Å². The molecule has 1 fully saturated rings. The molecule has 1 heterocycles. The molecule has 67 heavy (non-hydrogen) atoms. The first-order chi connectivity index (χ1) is 30.6. The summed E-state index contributed by atoms with van der Waals surface area (Å²) in [6, 6.07) is 10.5. The topological polar surface area (TPSA) is 143 Å². The van der Waals surface area contributed by atoms with Gasteiger partial charge in [-0.15, -0.1) is 107 Å². The molecule has 2 aromatic rings. The first kappa shape index (κ1) is 75.1. The Labute approximate surface area is 462 Å². The molecule has 1 aromatic carbocycles. The number of ether oxygens (including phenoxy) is 2. The Morgan fingerprint density at radius 3 is 1.42 bits per heavy atom. The number of methoxy groups -OCH3 is 1. The molecule has 36 heteroatoms. The van der Waals surface area contributed by atoms with E-state index in [4.69, 9.17) is 14.5 Å². The second-order valence-electron chi connectivity index (χ2n) is 14.1. The van der Waals surface area contributed by atoms with Crippen molar-refractivity contribution in [1.29, 1.82) is 0 Å². The molecular formula is C31H66BN3NaO9P22. The summed E-state index contributed by atoms with van der Waals surface area (Å²) in [5.74, 6) is -0.940. The summed E-state index contributed by atoms with van der Waals surface area (Å²) < 4.78 is 14.6. The zero-order valence-corrected chi connectivity index (χ0v) is 63.9. The van der Waals surface area contributed by atoms with E-state index < -0.39 is 23.5 Å². The van der Waals surface area contributed by atoms with Crippen LogP contribution in [0.15, 0.2) is 47.7 Å². The molecule has 1 saturated carbocycles. The van der Waals surface area contributed by atoms with Gasteiger partial charge < -0.3 is 27.1 Å². The molecule has 373 valence electrons. The summed E-state index contributed by atoms with van der Waals surface area (Å²) in [6.07, 6.45) is 8.99. The molecule has 1 aromatic heterocycles. The normalized spacial score (nSPS) is 14.9. The Balaban J connectivity index is 0. The quantitative estimate of drug-likeness (QED) is 0.0590. The minimum Gasteiger partial charge on any atom is -0.793 e. The van der Waals surface area contributed by atoms with Gasteiger partial charge in [0.1, 0.15) is 11.4 Å². The van der Waals surface area contributed by atoms with Gasteiger partial charge in [-0.05, 0) is 152 Å². The number of amides is 1. The molecule has 3 rings (SSSR count). The van der Waals surface area contributed by atoms with Crippen LogP contribution >= 0.6 is 177 Å². The van der Waals surface area contributed by atoms with Gasteiger partial charge in [-0.3, -0.25) is 14.8 Å². The molecule has 1 aliphatic carbocycles. The van der Waals surface area contributed by atoms with Crippen LogP contribution in [-0.4, -0.2) is 80.0 Å². The van der Waals surface area contributed by atoms with E-state index in [-0.39, 0.29) is 118 Å². The molecule has 1 aliphatic rings. The molecule has 0 N–H and O–H groups in total. The Bertz CT molecular complexity index is 1710. The van der Waals surface area contributed by atoms with Crippen molar-refractivity contribution in [2.24, 2.45) is 4.99 Å². The summed E-state index contributed by atoms with van der Waals surface area (Å²) in [7, 11) is 46.1. The molecule has 0 saturated heterocycles. The Morgan fingerprint density at radius 2 is 1.09 bits per heavy atom. The molecule has 1 amide bonds. The van der Waals surface area contributed by atoms with Crippen molar-refractivity contribution in [2.45, 2.75) is 84.9 Å². The van der Waals surface area contributed by atoms with Crippen LogP contribution < -0.4 is 34.3 Å². The third-order valence-corrected chi connectivity index (χ3v) is 145. The standard InChI is InChI=1S/C25H33N3O3.C4H6O4.C2H3BO2.Na.H24P22/c1-25(2,3)31-24(29)28(4)22-9-7-21(8-10-22)27-17-20-16-19(6-11-23(20)30-5)18-12-14-26-15-13-18;1-3(5)7-8-4(2)6;1-2(4)5-3;;1-13(2)19(14(3)4)22(20(15(5)6)16(7)8)21(17(9)10)18(11)12/h6,11-17,21-22H,7-10H2,1-5H3;1-2H3;1H3;;1-12H2/q;;-1;+1;. The van der Waals surface area contributed by atoms with Crippen molar-refractivity contribution < 1.29 is 72.6 Å². The van der Waals surface area contributed by atoms with E-state index in [1.54, 1.807) is 24.4 Å². The Morgan fingerprint density at radius 1 is 0.687 bits per heavy atom. The molecule has 0 bridgehead atoms. The van der Waals surface area contributed by atoms with E-state index in [9.17, 15) is 19.2 Å². The first-order valence-corrected chi connectivity index (χ1v) is 58.1. The van der Waals surface area contributed by atoms with Crippen molar-refractivity contribution >= 4 is 215 Å². The van der Waals surface area contributed by atoms with Gasteiger partial charge in [0, 0.05) is 58.0 Å². The second-order valence-corrected chi connectivity index (χ2v) is 101. The van der Waals surface area contributed by atoms with Gasteiger partial charge in [0.2, 0.25) is 5.97 Å². The van der Waals surface area contributed by atoms with Gasteiger partial charge in [-0.1, -0.05) is 6.07 Å². The maximum Gasteiger partial charge on any atom is 1.00 e. The van der Waals surface area contributed by atoms with Crippen LogP contribution in [0.2, 0.25) is 0 Å². The van der Waals surface area contributed by atoms with Gasteiger partial charge in [0.05, 0.1) is 13.2 Å². The zero-order valence-electron chi connectivity index (χ0n) is 39.1. The number of rotatable bonds is 14. The molecule has 0 aliphatic heterocycles. The maximum absolute atomic E-state index is 12.3. The van der Waals surface area contributed by atoms with Gasteiger partial charge in [-0.2, -0.15) is 0 Å². The van der Waals surface area contributed by atoms with Crippen molar-refractivity contribution in [3.05, 3.63) is 48.3 Å². The fourth-order valence-corrected chi connectivity index (χ4v) is 278. The molecule has 12 atom stereocenters. The third-order valence-electron chi connectivity index (χ3n) is 7.72. The fraction of sp³-hybridized carbons (Fsp3) is 0.484. The summed E-state index contributed by atoms with van der Waals surface area (Å²) in [5, 5.41) is 0. The SMILES string of the molecule is CC(=O)OOC(C)=O.COc1ccc(-c2ccncc2)cc1C=NC1CCC(N(C)C(=O)OC(C)(C)C)CC1.PP(P)P(P(P)P)P(P(P(P)P)P(P)P)P(P(P)P)P(P)P.[B-]OC(C)=O.[Na+]. The summed E-state index contributed by atoms with van der Waals surface area (Å²) in [6.45, 7) is 9.70. The Hall–Kier alpha value is 6.04. The number of aromatic nitrogens is 1. The van der Waals surface area contributed by atoms with Crippen LogP contribution in [0.4, 0.5) is 4.79 Å². The van der Waals surface area contributed by atoms with Gasteiger partial charge in [-0.25, -0.2) is 24.2 Å². The number of hydrogen-bond donors (Lipinski definition) is 0. The first-order valence-electron chi connectivity index (χ1n) is 18.9. The molecule has 12 unspecified atom stereocenters. The van der Waals surface area contributed by atoms with E-state index >= 15 is 0 Å². The smallest absolute Gasteiger partial charge is 0.793 e. The van der Waals surface area contributed by atoms with E-state index in [1.165, 1.54) is 6.92 Å². The summed E-state index contributed by atoms with van der Waals surface area (Å²) in [4.78, 5) is 59.8. The van der Waals surface area contributed by atoms with Crippen molar-refractivity contribution in [3.63, 3.8) is 0 Å². The van der Waals surface area contributed by atoms with E-state index in [2.05, 4.69) is 141 Å². The minimum atomic E-state index is -0.639. The van der Waals surface area contributed by atoms with Crippen LogP contribution in [0, 0.1) is 0 Å². The molecule has 0 spiro atoms. The van der Waals surface area contributed by atoms with Gasteiger partial charge in [0.15, 0.2) is 0 Å². The monoisotopic (exact) mass is 1340 g/mol. The van der Waals surface area contributed by atoms with E-state index in [0.717, 1.165) is 62.0 Å². The summed E-state index contributed by atoms with van der Waals surface area (Å²) >= 11 is 0. The van der Waals surface area contributed by atoms with Crippen LogP contribution in [0.5, 0.6) is 5.75 Å². The molecular weight excluding hydrogens is 1270 g/mol. The van der Waals surface area contributed by atoms with Crippen molar-refractivity contribution in [1.82, 2.24) is 9.88 Å². The number of carbonyl (C=O) groups is 4. The maximum atomic E-state index is 12.3. The van der Waals surface area contributed by atoms with E-state index in [1.807, 2.05) is 58.3 Å². The largest absolute Gasteiger partial charge is 1.00 e.